The number of rotatable bonds is 1. The van der Waals surface area contributed by atoms with Gasteiger partial charge in [-0.05, 0) is 17.7 Å². The minimum atomic E-state index is -0.525. The normalized spacial score (nSPS) is 10.3. The highest BCUT2D eigenvalue weighted by Crippen LogP contribution is 2.31. The second-order valence-corrected chi connectivity index (χ2v) is 2.38. The number of nitrogens with zero attached hydrogens (tertiary/aromatic N) is 1. The monoisotopic (exact) mass is 163 g/mol. The van der Waals surface area contributed by atoms with Crippen LogP contribution in [0.5, 0.6) is 0 Å². The van der Waals surface area contributed by atoms with Crippen LogP contribution in [0, 0.1) is 10.1 Å². The summed E-state index contributed by atoms with van der Waals surface area (Å²) in [5, 5.41) is 10.4. The zero-order valence-corrected chi connectivity index (χ0v) is 6.06. The number of nitro groups is 1. The van der Waals surface area contributed by atoms with Crippen molar-refractivity contribution >= 4 is 5.88 Å². The first-order valence-electron chi connectivity index (χ1n) is 3.39. The standard InChI is InChI=1S/C8H5NO3/c10-9(11)8-7-3-1-2-6(7)4-5-12-8/h1-5H. The smallest absolute Gasteiger partial charge is 0.409 e. The molecule has 0 aromatic heterocycles. The molecule has 0 N–H and O–H groups in total. The van der Waals surface area contributed by atoms with Gasteiger partial charge in [-0.1, -0.05) is 12.1 Å². The summed E-state index contributed by atoms with van der Waals surface area (Å²) in [6.07, 6.45) is 1.32. The summed E-state index contributed by atoms with van der Waals surface area (Å²) in [5.74, 6) is -0.197. The van der Waals surface area contributed by atoms with Crippen LogP contribution in [0.15, 0.2) is 34.9 Å². The van der Waals surface area contributed by atoms with Gasteiger partial charge < -0.3 is 4.42 Å². The fourth-order valence-electron chi connectivity index (χ4n) is 1.15. The van der Waals surface area contributed by atoms with Crippen LogP contribution < -0.4 is 0 Å². The molecular formula is C8H5NO3. The molecule has 0 radical (unpaired) electrons. The molecule has 0 saturated heterocycles. The van der Waals surface area contributed by atoms with Crippen LogP contribution in [0.2, 0.25) is 0 Å². The lowest BCUT2D eigenvalue weighted by atomic mass is 10.2. The fourth-order valence-corrected chi connectivity index (χ4v) is 1.15. The molecule has 0 aromatic carbocycles. The van der Waals surface area contributed by atoms with E-state index in [9.17, 15) is 10.1 Å². The highest BCUT2D eigenvalue weighted by Gasteiger charge is 2.19. The topological polar surface area (TPSA) is 56.3 Å². The van der Waals surface area contributed by atoms with E-state index in [4.69, 9.17) is 4.42 Å². The Morgan fingerprint density at radius 1 is 1.33 bits per heavy atom. The molecule has 0 spiro atoms. The van der Waals surface area contributed by atoms with E-state index in [-0.39, 0.29) is 5.88 Å². The Bertz CT molecular complexity index is 393. The fraction of sp³-hybridized carbons (Fsp3) is 0. The predicted molar refractivity (Wildman–Crippen MR) is 42.0 cm³/mol. The summed E-state index contributed by atoms with van der Waals surface area (Å²) in [5.41, 5.74) is 1.37. The molecule has 2 rings (SSSR count). The van der Waals surface area contributed by atoms with Gasteiger partial charge in [-0.15, -0.1) is 0 Å². The maximum Gasteiger partial charge on any atom is 0.440 e. The predicted octanol–water partition coefficient (Wildman–Crippen LogP) is 2.29. The van der Waals surface area contributed by atoms with Crippen molar-refractivity contribution in [3.8, 4) is 11.1 Å². The molecule has 0 amide bonds. The van der Waals surface area contributed by atoms with E-state index >= 15 is 0 Å². The van der Waals surface area contributed by atoms with Crippen LogP contribution in [-0.2, 0) is 0 Å². The zero-order chi connectivity index (χ0) is 8.55. The molecule has 4 nitrogen and oxygen atoms in total. The average Bonchev–Trinajstić information content (AvgIpc) is 2.49. The minimum absolute atomic E-state index is 0.197. The maximum atomic E-state index is 10.4. The van der Waals surface area contributed by atoms with Gasteiger partial charge >= 0.3 is 5.88 Å². The van der Waals surface area contributed by atoms with Gasteiger partial charge in [0.2, 0.25) is 0 Å². The van der Waals surface area contributed by atoms with Crippen molar-refractivity contribution in [1.29, 1.82) is 0 Å². The van der Waals surface area contributed by atoms with E-state index < -0.39 is 4.92 Å². The largest absolute Gasteiger partial charge is 0.440 e. The van der Waals surface area contributed by atoms with Gasteiger partial charge in [-0.2, -0.15) is 0 Å². The number of hydrogen-bond acceptors (Lipinski definition) is 3. The first-order valence-corrected chi connectivity index (χ1v) is 3.39. The molecule has 0 unspecified atom stereocenters. The number of hydrogen-bond donors (Lipinski definition) is 0. The summed E-state index contributed by atoms with van der Waals surface area (Å²) in [7, 11) is 0. The molecule has 60 valence electrons. The van der Waals surface area contributed by atoms with Crippen molar-refractivity contribution in [2.24, 2.45) is 0 Å². The third-order valence-corrected chi connectivity index (χ3v) is 1.67. The van der Waals surface area contributed by atoms with Crippen molar-refractivity contribution in [3.05, 3.63) is 40.6 Å². The Balaban J connectivity index is 2.71. The van der Waals surface area contributed by atoms with Crippen molar-refractivity contribution in [2.45, 2.75) is 0 Å². The first kappa shape index (κ1) is 6.84. The molecule has 1 heterocycles. The highest BCUT2D eigenvalue weighted by atomic mass is 16.6. The second-order valence-electron chi connectivity index (χ2n) is 2.38. The van der Waals surface area contributed by atoms with Gasteiger partial charge in [-0.25, -0.2) is 0 Å². The lowest BCUT2D eigenvalue weighted by Gasteiger charge is -1.96. The summed E-state index contributed by atoms with van der Waals surface area (Å²) in [6.45, 7) is 0. The Hall–Kier alpha value is -1.84. The third-order valence-electron chi connectivity index (χ3n) is 1.67. The van der Waals surface area contributed by atoms with E-state index in [1.807, 2.05) is 0 Å². The van der Waals surface area contributed by atoms with Crippen LogP contribution >= 0.6 is 0 Å². The van der Waals surface area contributed by atoms with Crippen molar-refractivity contribution in [3.63, 3.8) is 0 Å². The highest BCUT2D eigenvalue weighted by molar-refractivity contribution is 5.72. The van der Waals surface area contributed by atoms with Crippen LogP contribution in [0.3, 0.4) is 0 Å². The second kappa shape index (κ2) is 2.34. The Labute approximate surface area is 67.9 Å². The summed E-state index contributed by atoms with van der Waals surface area (Å²) < 4.78 is 4.76. The van der Waals surface area contributed by atoms with E-state index in [1.165, 1.54) is 6.26 Å². The van der Waals surface area contributed by atoms with Gasteiger partial charge in [0.1, 0.15) is 10.5 Å². The first-order chi connectivity index (χ1) is 5.79. The van der Waals surface area contributed by atoms with Crippen molar-refractivity contribution in [2.75, 3.05) is 0 Å². The molecule has 4 heteroatoms. The van der Waals surface area contributed by atoms with Crippen LogP contribution in [0.4, 0.5) is 5.88 Å². The maximum absolute atomic E-state index is 10.4. The summed E-state index contributed by atoms with van der Waals surface area (Å²) in [6, 6.07) is 6.92. The van der Waals surface area contributed by atoms with E-state index in [2.05, 4.69) is 0 Å². The molecular weight excluding hydrogens is 158 g/mol. The summed E-state index contributed by atoms with van der Waals surface area (Å²) >= 11 is 0. The van der Waals surface area contributed by atoms with Crippen molar-refractivity contribution in [1.82, 2.24) is 0 Å². The third kappa shape index (κ3) is 0.852. The lowest BCUT2D eigenvalue weighted by Crippen LogP contribution is -1.89. The average molecular weight is 163 g/mol. The van der Waals surface area contributed by atoms with E-state index in [1.54, 1.807) is 24.3 Å². The quantitative estimate of drug-likeness (QED) is 0.478. The van der Waals surface area contributed by atoms with Gasteiger partial charge in [0, 0.05) is 0 Å². The van der Waals surface area contributed by atoms with Crippen LogP contribution in [0.25, 0.3) is 11.1 Å². The van der Waals surface area contributed by atoms with Crippen LogP contribution in [-0.4, -0.2) is 4.92 Å². The van der Waals surface area contributed by atoms with E-state index in [0.29, 0.717) is 5.56 Å². The molecule has 1 aliphatic carbocycles. The molecule has 0 fully saturated rings. The molecule has 2 aliphatic rings. The molecule has 0 aromatic rings. The Morgan fingerprint density at radius 3 is 2.92 bits per heavy atom. The van der Waals surface area contributed by atoms with E-state index in [0.717, 1.165) is 5.56 Å². The Morgan fingerprint density at radius 2 is 2.17 bits per heavy atom. The van der Waals surface area contributed by atoms with Gasteiger partial charge in [0.05, 0.1) is 6.26 Å². The zero-order valence-electron chi connectivity index (χ0n) is 6.06. The minimum Gasteiger partial charge on any atom is -0.409 e. The summed E-state index contributed by atoms with van der Waals surface area (Å²) in [4.78, 5) is 9.90. The molecule has 1 aliphatic heterocycles. The Kier molecular flexibility index (Phi) is 1.33. The number of fused-ring (bicyclic) bond motifs is 1. The SMILES string of the molecule is O=[N+]([O-])c1occc2cccc1-2. The molecule has 0 atom stereocenters. The van der Waals surface area contributed by atoms with Gasteiger partial charge in [0.25, 0.3) is 0 Å². The van der Waals surface area contributed by atoms with Crippen molar-refractivity contribution < 1.29 is 9.34 Å². The molecule has 0 bridgehead atoms. The van der Waals surface area contributed by atoms with Gasteiger partial charge in [0.15, 0.2) is 0 Å². The lowest BCUT2D eigenvalue weighted by molar-refractivity contribution is -0.402. The van der Waals surface area contributed by atoms with Crippen LogP contribution in [0.1, 0.15) is 0 Å². The molecule has 0 saturated carbocycles. The van der Waals surface area contributed by atoms with Gasteiger partial charge in [-0.3, -0.25) is 10.1 Å². The molecule has 12 heavy (non-hydrogen) atoms.